The van der Waals surface area contributed by atoms with E-state index in [1.807, 2.05) is 120 Å². The van der Waals surface area contributed by atoms with Gasteiger partial charge in [-0.3, -0.25) is 62.5 Å². The first kappa shape index (κ1) is 88.0. The highest BCUT2D eigenvalue weighted by Gasteiger charge is 2.46. The number of carbonyl (C=O) groups excluding carboxylic acids is 12. The first-order valence-electron chi connectivity index (χ1n) is 37.7. The molecule has 3 saturated heterocycles. The molecule has 584 valence electrons. The maximum absolute atomic E-state index is 15.0. The van der Waals surface area contributed by atoms with E-state index in [2.05, 4.69) is 52.8 Å². The molecular weight excluding hydrogens is 1340 g/mol. The minimum Gasteiger partial charge on any atom is -0.480 e. The summed E-state index contributed by atoms with van der Waals surface area (Å²) in [7, 11) is 0. The Bertz CT molecular complexity index is 3090. The van der Waals surface area contributed by atoms with Gasteiger partial charge in [-0.15, -0.1) is 0 Å². The predicted octanol–water partition coefficient (Wildman–Crippen LogP) is 1.98. The summed E-state index contributed by atoms with van der Waals surface area (Å²) in [6.07, 6.45) is 4.20. The van der Waals surface area contributed by atoms with Gasteiger partial charge in [0.05, 0.1) is 12.6 Å². The van der Waals surface area contributed by atoms with Crippen LogP contribution in [0.4, 0.5) is 0 Å². The van der Waals surface area contributed by atoms with E-state index in [1.54, 1.807) is 6.92 Å². The molecule has 0 aromatic heterocycles. The Morgan fingerprint density at radius 3 is 1.34 bits per heavy atom. The Hall–Kier alpha value is -8.44. The molecule has 3 aliphatic heterocycles. The van der Waals surface area contributed by atoms with Crippen LogP contribution >= 0.6 is 0 Å². The SMILES string of the molecule is CC[C@H](C)[C@H](NC(=O)[C@@H]1CCCN1C(=O)[C@H](CCCN=C(N)N)NC(=O)[C@@H]1CCCN1C(=O)[C@@H](NC(=O)[C@@H]1CCCN1C(=O)[C@H](CC(C)C)NC(=O)[C@@H](N)Cc1ccccc1)[C@@H](C)CC)C(=O)N[C@@H](CC(C)C)C(=O)N[C@@H](CC(C)C)C(=O)NCC(=O)N[C@@H](CC(C)C)C(=O)N[C@@H](CC(C)C)C(=O)O. The van der Waals surface area contributed by atoms with Gasteiger partial charge in [-0.25, -0.2) is 4.79 Å². The van der Waals surface area contributed by atoms with Crippen molar-refractivity contribution in [3.05, 3.63) is 35.9 Å². The molecule has 16 N–H and O–H groups in total. The third kappa shape index (κ3) is 27.9. The van der Waals surface area contributed by atoms with Gasteiger partial charge in [0.25, 0.3) is 0 Å². The molecule has 0 radical (unpaired) electrons. The number of nitrogens with two attached hydrogens (primary N) is 3. The van der Waals surface area contributed by atoms with Crippen molar-refractivity contribution in [1.29, 1.82) is 0 Å². The fourth-order valence-corrected chi connectivity index (χ4v) is 13.5. The van der Waals surface area contributed by atoms with Crippen LogP contribution in [0.3, 0.4) is 0 Å². The van der Waals surface area contributed by atoms with E-state index in [0.29, 0.717) is 38.5 Å². The summed E-state index contributed by atoms with van der Waals surface area (Å²) >= 11 is 0. The van der Waals surface area contributed by atoms with Crippen molar-refractivity contribution in [3.63, 3.8) is 0 Å². The van der Waals surface area contributed by atoms with Crippen LogP contribution in [0.1, 0.15) is 199 Å². The Labute approximate surface area is 614 Å². The number of nitrogens with zero attached hydrogens (tertiary/aromatic N) is 4. The number of aliphatic carboxylic acids is 1. The van der Waals surface area contributed by atoms with E-state index >= 15 is 4.79 Å². The van der Waals surface area contributed by atoms with Gasteiger partial charge >= 0.3 is 5.97 Å². The number of carboxylic acid groups (broad SMARTS) is 1. The van der Waals surface area contributed by atoms with Crippen LogP contribution < -0.4 is 65.1 Å². The van der Waals surface area contributed by atoms with E-state index in [4.69, 9.17) is 17.2 Å². The molecule has 0 spiro atoms. The number of hydrogen-bond acceptors (Lipinski definition) is 15. The number of hydrogen-bond donors (Lipinski definition) is 13. The Kier molecular flexibility index (Phi) is 36.5. The smallest absolute Gasteiger partial charge is 0.326 e. The average molecular weight is 1460 g/mol. The van der Waals surface area contributed by atoms with Gasteiger partial charge in [-0.1, -0.05) is 140 Å². The highest BCUT2D eigenvalue weighted by molar-refractivity contribution is 6.00. The quantitative estimate of drug-likeness (QED) is 0.0253. The van der Waals surface area contributed by atoms with Crippen molar-refractivity contribution in [1.82, 2.24) is 62.6 Å². The fraction of sp³-hybridized carbons (Fsp3) is 0.730. The summed E-state index contributed by atoms with van der Waals surface area (Å²) in [5.41, 5.74) is 18.5. The molecule has 0 bridgehead atoms. The van der Waals surface area contributed by atoms with E-state index in [0.717, 1.165) is 5.56 Å². The molecule has 0 aliphatic carbocycles. The van der Waals surface area contributed by atoms with E-state index in [1.165, 1.54) is 14.7 Å². The number of aliphatic imine (C=N–C) groups is 1. The molecular formula is C74H124N16O14. The number of benzene rings is 1. The number of carbonyl (C=O) groups is 13. The maximum atomic E-state index is 15.0. The normalized spacial score (nSPS) is 19.1. The lowest BCUT2D eigenvalue weighted by Gasteiger charge is -2.34. The van der Waals surface area contributed by atoms with E-state index in [-0.39, 0.29) is 126 Å². The maximum Gasteiger partial charge on any atom is 0.326 e. The lowest BCUT2D eigenvalue weighted by Crippen LogP contribution is -2.61. The molecule has 3 fully saturated rings. The van der Waals surface area contributed by atoms with Gasteiger partial charge in [-0.05, 0) is 137 Å². The molecule has 3 heterocycles. The zero-order valence-electron chi connectivity index (χ0n) is 64.0. The van der Waals surface area contributed by atoms with Gasteiger partial charge in [0, 0.05) is 26.2 Å². The van der Waals surface area contributed by atoms with Crippen molar-refractivity contribution in [2.24, 2.45) is 63.6 Å². The second-order valence-corrected chi connectivity index (χ2v) is 30.7. The van der Waals surface area contributed by atoms with Crippen LogP contribution in [0, 0.1) is 41.4 Å². The Morgan fingerprint density at radius 1 is 0.471 bits per heavy atom. The molecule has 4 rings (SSSR count). The lowest BCUT2D eigenvalue weighted by atomic mass is 9.96. The second kappa shape index (κ2) is 43.1. The number of nitrogens with one attached hydrogen (secondary N) is 9. The third-order valence-corrected chi connectivity index (χ3v) is 19.4. The highest BCUT2D eigenvalue weighted by Crippen LogP contribution is 2.27. The minimum atomic E-state index is -1.25. The predicted molar refractivity (Wildman–Crippen MR) is 395 cm³/mol. The van der Waals surface area contributed by atoms with Gasteiger partial charge < -0.3 is 84.9 Å². The van der Waals surface area contributed by atoms with Crippen molar-refractivity contribution in [3.8, 4) is 0 Å². The second-order valence-electron chi connectivity index (χ2n) is 30.7. The van der Waals surface area contributed by atoms with Crippen molar-refractivity contribution >= 4 is 82.8 Å². The van der Waals surface area contributed by atoms with Gasteiger partial charge in [0.1, 0.15) is 66.5 Å². The molecule has 0 saturated carbocycles. The monoisotopic (exact) mass is 1460 g/mol. The summed E-state index contributed by atoms with van der Waals surface area (Å²) in [4.78, 5) is 192. The van der Waals surface area contributed by atoms with Crippen LogP contribution in [0.5, 0.6) is 0 Å². The number of carboxylic acids is 1. The molecule has 1 aromatic carbocycles. The third-order valence-electron chi connectivity index (χ3n) is 19.4. The Morgan fingerprint density at radius 2 is 0.865 bits per heavy atom. The van der Waals surface area contributed by atoms with Gasteiger partial charge in [-0.2, -0.15) is 0 Å². The first-order valence-corrected chi connectivity index (χ1v) is 37.7. The summed E-state index contributed by atoms with van der Waals surface area (Å²) < 4.78 is 0. The van der Waals surface area contributed by atoms with Crippen LogP contribution in [-0.2, 0) is 68.7 Å². The van der Waals surface area contributed by atoms with E-state index < -0.39 is 168 Å². The largest absolute Gasteiger partial charge is 0.480 e. The van der Waals surface area contributed by atoms with Crippen LogP contribution in [0.2, 0.25) is 0 Å². The molecule has 30 heteroatoms. The van der Waals surface area contributed by atoms with Gasteiger partial charge in [0.15, 0.2) is 5.96 Å². The summed E-state index contributed by atoms with van der Waals surface area (Å²) in [6, 6.07) is -4.07. The number of rotatable bonds is 42. The molecule has 104 heavy (non-hydrogen) atoms. The fourth-order valence-electron chi connectivity index (χ4n) is 13.5. The first-order chi connectivity index (χ1) is 49.0. The lowest BCUT2D eigenvalue weighted by molar-refractivity contribution is -0.146. The highest BCUT2D eigenvalue weighted by atomic mass is 16.4. The molecule has 12 amide bonds. The van der Waals surface area contributed by atoms with Crippen molar-refractivity contribution < 1.29 is 67.4 Å². The molecule has 1 aromatic rings. The van der Waals surface area contributed by atoms with E-state index in [9.17, 15) is 62.6 Å². The number of amides is 12. The molecule has 0 unspecified atom stereocenters. The zero-order valence-corrected chi connectivity index (χ0v) is 64.0. The van der Waals surface area contributed by atoms with Crippen LogP contribution in [-0.4, -0.2) is 208 Å². The number of likely N-dealkylation sites (tertiary alicyclic amines) is 3. The molecule has 3 aliphatic rings. The standard InChI is InChI=1S/C74H124N16O14/c1-15-46(13)60(69(99)83-53(36-43(7)8)65(95)82-51(34-41(3)4)63(93)79-40-59(91)80-52(35-42(5)6)64(94)85-55(73(103)104)38-45(11)12)86-67(97)57-28-21-31-88(57)70(100)50(26-20-30-78-74(76)77)81-66(96)56-27-23-33-90(56)72(102)61(47(14)16-2)87-68(98)58-29-22-32-89(58)71(101)54(37-44(9)10)84-62(92)49(75)39-48-24-18-17-19-25-48/h17-19,24-25,41-47,49-58,60-61H,15-16,20-23,26-40,75H2,1-14H3,(H,79,93)(H,80,91)(H,81,96)(H,82,95)(H,83,99)(H,84,92)(H,85,94)(H,86,97)(H,87,98)(H,103,104)(H4,76,77,78)/t46-,47-,49-,50-,51-,52-,53-,54-,55-,56-,57-,58-,60-,61-/m0/s1. The molecule has 30 nitrogen and oxygen atoms in total. The van der Waals surface area contributed by atoms with Gasteiger partial charge in [0.2, 0.25) is 70.9 Å². The summed E-state index contributed by atoms with van der Waals surface area (Å²) in [6.45, 7) is 25.7. The van der Waals surface area contributed by atoms with Crippen molar-refractivity contribution in [2.45, 2.75) is 272 Å². The van der Waals surface area contributed by atoms with Crippen molar-refractivity contribution in [2.75, 3.05) is 32.7 Å². The topological polar surface area (TPSA) is 451 Å². The average Bonchev–Trinajstić information content (AvgIpc) is 1.60. The number of guanidine groups is 1. The minimum absolute atomic E-state index is 0.0130. The zero-order chi connectivity index (χ0) is 77.8. The van der Waals surface area contributed by atoms with Crippen LogP contribution in [0.15, 0.2) is 35.3 Å². The Balaban J connectivity index is 1.51. The van der Waals surface area contributed by atoms with Crippen LogP contribution in [0.25, 0.3) is 0 Å². The molecule has 14 atom stereocenters. The summed E-state index contributed by atoms with van der Waals surface area (Å²) in [5, 5.41) is 34.6. The summed E-state index contributed by atoms with van der Waals surface area (Å²) in [5.74, 6) is -10.3.